The number of hydrogen-bond acceptors (Lipinski definition) is 3. The van der Waals surface area contributed by atoms with Crippen LogP contribution in [0.4, 0.5) is 4.39 Å². The average Bonchev–Trinajstić information content (AvgIpc) is 2.25. The SMILES string of the molecule is CC(COc1cc(F)cc(CCN)c1)C(N)=O. The molecule has 0 aliphatic heterocycles. The summed E-state index contributed by atoms with van der Waals surface area (Å²) in [6.07, 6.45) is 0.583. The minimum Gasteiger partial charge on any atom is -0.493 e. The van der Waals surface area contributed by atoms with Gasteiger partial charge in [-0.1, -0.05) is 6.92 Å². The molecule has 17 heavy (non-hydrogen) atoms. The van der Waals surface area contributed by atoms with Crippen LogP contribution >= 0.6 is 0 Å². The first-order valence-corrected chi connectivity index (χ1v) is 5.44. The highest BCUT2D eigenvalue weighted by Crippen LogP contribution is 2.17. The first kappa shape index (κ1) is 13.4. The van der Waals surface area contributed by atoms with Crippen molar-refractivity contribution in [3.8, 4) is 5.75 Å². The molecule has 0 heterocycles. The Balaban J connectivity index is 2.67. The van der Waals surface area contributed by atoms with Crippen molar-refractivity contribution >= 4 is 5.91 Å². The van der Waals surface area contributed by atoms with Crippen LogP contribution in [0.15, 0.2) is 18.2 Å². The highest BCUT2D eigenvalue weighted by molar-refractivity contribution is 5.76. The van der Waals surface area contributed by atoms with Crippen molar-refractivity contribution in [3.63, 3.8) is 0 Å². The Kier molecular flexibility index (Phi) is 4.90. The number of halogens is 1. The van der Waals surface area contributed by atoms with Crippen molar-refractivity contribution in [2.45, 2.75) is 13.3 Å². The Morgan fingerprint density at radius 3 is 2.76 bits per heavy atom. The molecule has 1 unspecified atom stereocenters. The maximum absolute atomic E-state index is 13.2. The fraction of sp³-hybridized carbons (Fsp3) is 0.417. The van der Waals surface area contributed by atoms with E-state index in [-0.39, 0.29) is 12.4 Å². The summed E-state index contributed by atoms with van der Waals surface area (Å²) in [6.45, 7) is 2.24. The van der Waals surface area contributed by atoms with Gasteiger partial charge in [-0.05, 0) is 30.7 Å². The number of rotatable bonds is 6. The fourth-order valence-electron chi connectivity index (χ4n) is 1.32. The van der Waals surface area contributed by atoms with Crippen molar-refractivity contribution in [1.29, 1.82) is 0 Å². The maximum Gasteiger partial charge on any atom is 0.223 e. The quantitative estimate of drug-likeness (QED) is 0.773. The second kappa shape index (κ2) is 6.20. The van der Waals surface area contributed by atoms with E-state index in [4.69, 9.17) is 16.2 Å². The smallest absolute Gasteiger partial charge is 0.223 e. The van der Waals surface area contributed by atoms with Crippen LogP contribution in [0.2, 0.25) is 0 Å². The lowest BCUT2D eigenvalue weighted by Gasteiger charge is -2.11. The summed E-state index contributed by atoms with van der Waals surface area (Å²) >= 11 is 0. The molecular weight excluding hydrogens is 223 g/mol. The number of amides is 1. The van der Waals surface area contributed by atoms with Crippen LogP contribution in [0, 0.1) is 11.7 Å². The summed E-state index contributed by atoms with van der Waals surface area (Å²) < 4.78 is 18.5. The Labute approximate surface area is 99.7 Å². The van der Waals surface area contributed by atoms with Crippen molar-refractivity contribution in [2.24, 2.45) is 17.4 Å². The van der Waals surface area contributed by atoms with Crippen molar-refractivity contribution < 1.29 is 13.9 Å². The molecule has 1 aromatic rings. The Morgan fingerprint density at radius 2 is 2.18 bits per heavy atom. The van der Waals surface area contributed by atoms with E-state index in [1.165, 1.54) is 12.1 Å². The van der Waals surface area contributed by atoms with Gasteiger partial charge in [0, 0.05) is 6.07 Å². The summed E-state index contributed by atoms with van der Waals surface area (Å²) in [5.41, 5.74) is 11.3. The van der Waals surface area contributed by atoms with E-state index in [0.717, 1.165) is 5.56 Å². The molecule has 0 saturated heterocycles. The summed E-state index contributed by atoms with van der Waals surface area (Å²) in [5.74, 6) is -0.834. The van der Waals surface area contributed by atoms with Crippen LogP contribution in [0.1, 0.15) is 12.5 Å². The third kappa shape index (κ3) is 4.40. The molecule has 94 valence electrons. The van der Waals surface area contributed by atoms with Crippen LogP contribution in [0.5, 0.6) is 5.75 Å². The minimum absolute atomic E-state index is 0.140. The number of ether oxygens (including phenoxy) is 1. The fourth-order valence-corrected chi connectivity index (χ4v) is 1.32. The van der Waals surface area contributed by atoms with Crippen molar-refractivity contribution in [3.05, 3.63) is 29.6 Å². The molecule has 0 spiro atoms. The summed E-state index contributed by atoms with van der Waals surface area (Å²) in [6, 6.07) is 4.40. The Bertz CT molecular complexity index is 396. The zero-order chi connectivity index (χ0) is 12.8. The van der Waals surface area contributed by atoms with Crippen LogP contribution in [-0.2, 0) is 11.2 Å². The average molecular weight is 240 g/mol. The molecule has 0 radical (unpaired) electrons. The van der Waals surface area contributed by atoms with Gasteiger partial charge in [-0.15, -0.1) is 0 Å². The van der Waals surface area contributed by atoms with Crippen LogP contribution in [0.3, 0.4) is 0 Å². The molecule has 0 aliphatic rings. The van der Waals surface area contributed by atoms with Crippen molar-refractivity contribution in [1.82, 2.24) is 0 Å². The second-order valence-electron chi connectivity index (χ2n) is 3.95. The summed E-state index contributed by atoms with van der Waals surface area (Å²) in [5, 5.41) is 0. The molecule has 0 fully saturated rings. The van der Waals surface area contributed by atoms with E-state index in [0.29, 0.717) is 18.7 Å². The van der Waals surface area contributed by atoms with E-state index in [9.17, 15) is 9.18 Å². The first-order chi connectivity index (χ1) is 8.02. The van der Waals surface area contributed by atoms with Gasteiger partial charge in [-0.2, -0.15) is 0 Å². The topological polar surface area (TPSA) is 78.3 Å². The van der Waals surface area contributed by atoms with E-state index in [1.54, 1.807) is 13.0 Å². The van der Waals surface area contributed by atoms with Gasteiger partial charge in [-0.3, -0.25) is 4.79 Å². The lowest BCUT2D eigenvalue weighted by atomic mass is 10.1. The monoisotopic (exact) mass is 240 g/mol. The lowest BCUT2D eigenvalue weighted by Crippen LogP contribution is -2.25. The van der Waals surface area contributed by atoms with Gasteiger partial charge < -0.3 is 16.2 Å². The molecule has 0 aromatic heterocycles. The predicted octanol–water partition coefficient (Wildman–Crippen LogP) is 0.827. The van der Waals surface area contributed by atoms with Crippen LogP contribution in [-0.4, -0.2) is 19.1 Å². The van der Waals surface area contributed by atoms with E-state index < -0.39 is 11.8 Å². The van der Waals surface area contributed by atoms with Gasteiger partial charge in [0.1, 0.15) is 11.6 Å². The molecule has 0 bridgehead atoms. The van der Waals surface area contributed by atoms with Crippen molar-refractivity contribution in [2.75, 3.05) is 13.2 Å². The van der Waals surface area contributed by atoms with Gasteiger partial charge in [0.2, 0.25) is 5.91 Å². The third-order valence-electron chi connectivity index (χ3n) is 2.35. The molecule has 0 aliphatic carbocycles. The largest absolute Gasteiger partial charge is 0.493 e. The van der Waals surface area contributed by atoms with Crippen LogP contribution in [0.25, 0.3) is 0 Å². The van der Waals surface area contributed by atoms with Gasteiger partial charge in [0.05, 0.1) is 12.5 Å². The van der Waals surface area contributed by atoms with E-state index in [1.807, 2.05) is 0 Å². The number of benzene rings is 1. The molecule has 1 atom stereocenters. The lowest BCUT2D eigenvalue weighted by molar-refractivity contribution is -0.122. The zero-order valence-electron chi connectivity index (χ0n) is 9.78. The maximum atomic E-state index is 13.2. The molecule has 4 nitrogen and oxygen atoms in total. The van der Waals surface area contributed by atoms with Gasteiger partial charge in [0.15, 0.2) is 0 Å². The molecule has 1 aromatic carbocycles. The number of hydrogen-bond donors (Lipinski definition) is 2. The van der Waals surface area contributed by atoms with E-state index >= 15 is 0 Å². The molecule has 4 N–H and O–H groups in total. The Hall–Kier alpha value is -1.62. The Morgan fingerprint density at radius 1 is 1.47 bits per heavy atom. The highest BCUT2D eigenvalue weighted by atomic mass is 19.1. The van der Waals surface area contributed by atoms with Crippen LogP contribution < -0.4 is 16.2 Å². The first-order valence-electron chi connectivity index (χ1n) is 5.44. The second-order valence-corrected chi connectivity index (χ2v) is 3.95. The summed E-state index contributed by atoms with van der Waals surface area (Å²) in [7, 11) is 0. The van der Waals surface area contributed by atoms with Gasteiger partial charge >= 0.3 is 0 Å². The number of nitrogens with two attached hydrogens (primary N) is 2. The predicted molar refractivity (Wildman–Crippen MR) is 63.0 cm³/mol. The third-order valence-corrected chi connectivity index (χ3v) is 2.35. The molecule has 0 saturated carbocycles. The number of primary amides is 1. The molecule has 1 rings (SSSR count). The van der Waals surface area contributed by atoms with E-state index in [2.05, 4.69) is 0 Å². The molecule has 1 amide bonds. The minimum atomic E-state index is -0.441. The number of carbonyl (C=O) groups is 1. The van der Waals surface area contributed by atoms with Gasteiger partial charge in [-0.25, -0.2) is 4.39 Å². The number of carbonyl (C=O) groups excluding carboxylic acids is 1. The highest BCUT2D eigenvalue weighted by Gasteiger charge is 2.10. The molecule has 5 heteroatoms. The zero-order valence-corrected chi connectivity index (χ0v) is 9.78. The normalized spacial score (nSPS) is 12.2. The molecular formula is C12H17FN2O2. The van der Waals surface area contributed by atoms with Gasteiger partial charge in [0.25, 0.3) is 0 Å². The standard InChI is InChI=1S/C12H17FN2O2/c1-8(12(15)16)7-17-11-5-9(2-3-14)4-10(13)6-11/h4-6,8H,2-3,7,14H2,1H3,(H2,15,16). The summed E-state index contributed by atoms with van der Waals surface area (Å²) in [4.78, 5) is 10.8.